The molecule has 2 aliphatic rings. The lowest BCUT2D eigenvalue weighted by Gasteiger charge is -2.26. The summed E-state index contributed by atoms with van der Waals surface area (Å²) in [6.07, 6.45) is -1.59. The zero-order valence-electron chi connectivity index (χ0n) is 20.4. The summed E-state index contributed by atoms with van der Waals surface area (Å²) in [7, 11) is 0. The second-order valence-electron chi connectivity index (χ2n) is 9.48. The van der Waals surface area contributed by atoms with Crippen LogP contribution in [0.2, 0.25) is 0 Å². The molecule has 1 saturated carbocycles. The number of nitrogen functional groups attached to an aromatic ring is 1. The number of nitrogens with one attached hydrogen (secondary N) is 1. The van der Waals surface area contributed by atoms with Crippen molar-refractivity contribution in [2.75, 3.05) is 12.3 Å². The first-order valence-electron chi connectivity index (χ1n) is 12.0. The third-order valence-electron chi connectivity index (χ3n) is 6.90. The average Bonchev–Trinajstić information content (AvgIpc) is 3.57. The number of halogens is 5. The van der Waals surface area contributed by atoms with Crippen LogP contribution < -0.4 is 15.8 Å². The van der Waals surface area contributed by atoms with E-state index < -0.39 is 49.0 Å². The number of fused-ring (bicyclic) bond motifs is 2. The molecule has 2 aromatic heterocycles. The number of nitrogens with two attached hydrogens (primary N) is 1. The number of ether oxygens (including phenoxy) is 1. The third-order valence-corrected chi connectivity index (χ3v) is 6.90. The Morgan fingerprint density at radius 1 is 1.31 bits per heavy atom. The molecule has 2 amide bonds. The molecule has 3 heterocycles. The Morgan fingerprint density at radius 2 is 2.03 bits per heavy atom. The number of carbonyl (C=O) groups is 2. The number of rotatable bonds is 8. The van der Waals surface area contributed by atoms with Crippen LogP contribution in [0.5, 0.6) is 5.75 Å². The highest BCUT2D eigenvalue weighted by Gasteiger charge is 2.46. The first-order chi connectivity index (χ1) is 18.4. The molecule has 1 aromatic carbocycles. The molecule has 5 rings (SSSR count). The van der Waals surface area contributed by atoms with Crippen molar-refractivity contribution >= 4 is 23.3 Å². The van der Waals surface area contributed by atoms with Crippen molar-refractivity contribution in [1.82, 2.24) is 24.8 Å². The minimum Gasteiger partial charge on any atom is -0.434 e. The van der Waals surface area contributed by atoms with E-state index in [2.05, 4.69) is 20.1 Å². The average molecular weight is 554 g/mol. The van der Waals surface area contributed by atoms with Crippen LogP contribution in [0.15, 0.2) is 24.4 Å². The highest BCUT2D eigenvalue weighted by atomic mass is 19.4. The number of carbonyl (C=O) groups excluding carboxylic acids is 2. The zero-order valence-corrected chi connectivity index (χ0v) is 20.4. The van der Waals surface area contributed by atoms with Crippen molar-refractivity contribution < 1.29 is 41.4 Å². The van der Waals surface area contributed by atoms with Crippen molar-refractivity contribution in [3.05, 3.63) is 41.1 Å². The van der Waals surface area contributed by atoms with E-state index in [0.717, 1.165) is 25.8 Å². The minimum atomic E-state index is -4.73. The van der Waals surface area contributed by atoms with E-state index in [1.165, 1.54) is 22.8 Å². The van der Waals surface area contributed by atoms with Crippen molar-refractivity contribution in [2.45, 2.75) is 51.2 Å². The predicted octanol–water partition coefficient (Wildman–Crippen LogP) is 2.99. The Labute approximate surface area is 217 Å². The number of aromatic nitrogens is 3. The fourth-order valence-corrected chi connectivity index (χ4v) is 4.64. The van der Waals surface area contributed by atoms with E-state index in [1.54, 1.807) is 0 Å². The molecule has 3 aromatic rings. The molecular formula is C24H23F5N6O4. The van der Waals surface area contributed by atoms with Crippen LogP contribution in [0.25, 0.3) is 16.9 Å². The summed E-state index contributed by atoms with van der Waals surface area (Å²) in [6, 6.07) is 1.24. The van der Waals surface area contributed by atoms with Gasteiger partial charge in [-0.1, -0.05) is 0 Å². The summed E-state index contributed by atoms with van der Waals surface area (Å²) in [5.41, 5.74) is 5.86. The maximum atomic E-state index is 13.3. The topological polar surface area (TPSA) is 135 Å². The molecule has 2 atom stereocenters. The Balaban J connectivity index is 1.55. The number of aliphatic hydroxyl groups is 1. The second-order valence-corrected chi connectivity index (χ2v) is 9.48. The second kappa shape index (κ2) is 9.63. The van der Waals surface area contributed by atoms with E-state index >= 15 is 0 Å². The fraction of sp³-hybridized carbons (Fsp3) is 0.417. The molecular weight excluding hydrogens is 531 g/mol. The summed E-state index contributed by atoms with van der Waals surface area (Å²) in [6.45, 7) is -3.30. The van der Waals surface area contributed by atoms with Gasteiger partial charge in [0, 0.05) is 18.3 Å². The van der Waals surface area contributed by atoms with E-state index in [4.69, 9.17) is 5.73 Å². The van der Waals surface area contributed by atoms with Crippen LogP contribution >= 0.6 is 0 Å². The Hall–Kier alpha value is -4.01. The number of hydrogen-bond donors (Lipinski definition) is 3. The van der Waals surface area contributed by atoms with Crippen molar-refractivity contribution in [3.8, 4) is 17.0 Å². The Bertz CT molecular complexity index is 1460. The normalized spacial score (nSPS) is 17.0. The molecule has 1 aliphatic heterocycles. The van der Waals surface area contributed by atoms with Crippen molar-refractivity contribution in [3.63, 3.8) is 0 Å². The number of hydrogen-bond acceptors (Lipinski definition) is 7. The van der Waals surface area contributed by atoms with Gasteiger partial charge in [0.1, 0.15) is 17.4 Å². The molecule has 0 spiro atoms. The van der Waals surface area contributed by atoms with Gasteiger partial charge < -0.3 is 25.8 Å². The van der Waals surface area contributed by atoms with Crippen LogP contribution in [-0.4, -0.2) is 67.9 Å². The number of anilines is 1. The number of benzene rings is 1. The lowest BCUT2D eigenvalue weighted by molar-refractivity contribution is -0.172. The van der Waals surface area contributed by atoms with E-state index in [9.17, 15) is 36.6 Å². The smallest absolute Gasteiger partial charge is 0.408 e. The van der Waals surface area contributed by atoms with Crippen molar-refractivity contribution in [2.24, 2.45) is 5.92 Å². The minimum absolute atomic E-state index is 0.0233. The summed E-state index contributed by atoms with van der Waals surface area (Å²) in [4.78, 5) is 30.7. The van der Waals surface area contributed by atoms with Crippen molar-refractivity contribution in [1.29, 1.82) is 0 Å². The molecule has 0 radical (unpaired) electrons. The van der Waals surface area contributed by atoms with Crippen LogP contribution in [0, 0.1) is 5.92 Å². The molecule has 1 fully saturated rings. The maximum absolute atomic E-state index is 13.3. The largest absolute Gasteiger partial charge is 0.434 e. The Kier molecular flexibility index (Phi) is 6.56. The van der Waals surface area contributed by atoms with Gasteiger partial charge in [-0.15, -0.1) is 5.10 Å². The molecule has 39 heavy (non-hydrogen) atoms. The zero-order chi connectivity index (χ0) is 28.2. The molecule has 208 valence electrons. The molecule has 15 heteroatoms. The molecule has 0 unspecified atom stereocenters. The number of aliphatic hydroxyl groups excluding tert-OH is 1. The van der Waals surface area contributed by atoms with Gasteiger partial charge in [0.2, 0.25) is 0 Å². The monoisotopic (exact) mass is 554 g/mol. The summed E-state index contributed by atoms with van der Waals surface area (Å²) in [5.74, 6) is -2.29. The van der Waals surface area contributed by atoms with Gasteiger partial charge in [-0.25, -0.2) is 9.50 Å². The number of nitrogens with zero attached hydrogens (tertiary/aromatic N) is 4. The maximum Gasteiger partial charge on any atom is 0.408 e. The molecule has 4 N–H and O–H groups in total. The highest BCUT2D eigenvalue weighted by Crippen LogP contribution is 2.39. The van der Waals surface area contributed by atoms with Crippen LogP contribution in [0.3, 0.4) is 0 Å². The van der Waals surface area contributed by atoms with Gasteiger partial charge >= 0.3 is 12.8 Å². The highest BCUT2D eigenvalue weighted by molar-refractivity contribution is 6.05. The molecule has 0 bridgehead atoms. The van der Waals surface area contributed by atoms with E-state index in [0.29, 0.717) is 4.90 Å². The molecule has 0 saturated heterocycles. The predicted molar refractivity (Wildman–Crippen MR) is 126 cm³/mol. The fourth-order valence-electron chi connectivity index (χ4n) is 4.64. The van der Waals surface area contributed by atoms with Gasteiger partial charge in [-0.3, -0.25) is 9.59 Å². The molecule has 10 nitrogen and oxygen atoms in total. The van der Waals surface area contributed by atoms with Crippen LogP contribution in [-0.2, 0) is 6.54 Å². The SMILES string of the molecule is C[C@H](N1Cc2cc(-c3ccn4nc(N)c(C(=O)N[C@@H](CO)C5CC5)c4n3)cc(OC(F)F)c2C1=O)C(F)(F)F. The third kappa shape index (κ3) is 4.93. The lowest BCUT2D eigenvalue weighted by Crippen LogP contribution is -2.43. The van der Waals surface area contributed by atoms with Crippen LogP contribution in [0.4, 0.5) is 27.8 Å². The van der Waals surface area contributed by atoms with Gasteiger partial charge in [0.05, 0.1) is 23.9 Å². The van der Waals surface area contributed by atoms with Gasteiger partial charge in [-0.2, -0.15) is 22.0 Å². The lowest BCUT2D eigenvalue weighted by atomic mass is 10.0. The van der Waals surface area contributed by atoms with Gasteiger partial charge in [-0.05, 0) is 49.4 Å². The van der Waals surface area contributed by atoms with E-state index in [-0.39, 0.29) is 51.9 Å². The van der Waals surface area contributed by atoms with Crippen LogP contribution in [0.1, 0.15) is 46.0 Å². The standard InChI is InChI=1S/C24H23F5N6O4/c1-10(24(27,28)29)34-8-13-6-12(7-16(39-23(25)26)17(13)22(34)38)14-4-5-35-20(31-14)18(19(30)33-35)21(37)32-15(9-36)11-2-3-11/h4-7,10-11,15,23,36H,2-3,8-9H2,1H3,(H2,30,33)(H,32,37)/t10-,15-/m0/s1. The van der Waals surface area contributed by atoms with Gasteiger partial charge in [0.25, 0.3) is 11.8 Å². The van der Waals surface area contributed by atoms with Gasteiger partial charge in [0.15, 0.2) is 11.5 Å². The first kappa shape index (κ1) is 26.6. The summed E-state index contributed by atoms with van der Waals surface area (Å²) in [5, 5.41) is 16.4. The summed E-state index contributed by atoms with van der Waals surface area (Å²) >= 11 is 0. The number of amides is 2. The quantitative estimate of drug-likeness (QED) is 0.365. The first-order valence-corrected chi connectivity index (χ1v) is 12.0. The molecule has 1 aliphatic carbocycles. The Morgan fingerprint density at radius 3 is 2.64 bits per heavy atom. The summed E-state index contributed by atoms with van der Waals surface area (Å²) < 4.78 is 72.2. The van der Waals surface area contributed by atoms with E-state index in [1.807, 2.05) is 0 Å². The number of alkyl halides is 5.